The van der Waals surface area contributed by atoms with Gasteiger partial charge in [-0.05, 0) is 22.9 Å². The molecule has 6 aromatic rings. The molecule has 161 valence electrons. The minimum atomic E-state index is 0. The Hall–Kier alpha value is -3.65. The minimum Gasteiger partial charge on any atom is -0.256 e. The Kier molecular flexibility index (Phi) is 7.36. The number of aromatic nitrogens is 2. The molecule has 33 heavy (non-hydrogen) atoms. The van der Waals surface area contributed by atoms with Crippen LogP contribution in [0.1, 0.15) is 0 Å². The van der Waals surface area contributed by atoms with Gasteiger partial charge in [0.05, 0.1) is 11.4 Å². The molecule has 0 aliphatic rings. The largest absolute Gasteiger partial charge is 0.256 e. The van der Waals surface area contributed by atoms with E-state index in [-0.39, 0.29) is 20.1 Å². The molecule has 0 atom stereocenters. The number of pyridine rings is 2. The summed E-state index contributed by atoms with van der Waals surface area (Å²) < 4.78 is 0. The second-order valence-electron chi connectivity index (χ2n) is 7.49. The van der Waals surface area contributed by atoms with Gasteiger partial charge in [0.15, 0.2) is 0 Å². The van der Waals surface area contributed by atoms with Gasteiger partial charge in [0, 0.05) is 54.4 Å². The van der Waals surface area contributed by atoms with Crippen LogP contribution in [0.15, 0.2) is 134 Å². The fourth-order valence-electron chi connectivity index (χ4n) is 3.89. The van der Waals surface area contributed by atoms with Crippen LogP contribution in [0.2, 0.25) is 0 Å². The Balaban J connectivity index is 0.000000152. The molecule has 0 fully saturated rings. The molecule has 4 aromatic carbocycles. The Labute approximate surface area is 207 Å². The van der Waals surface area contributed by atoms with Crippen LogP contribution in [0.25, 0.3) is 44.1 Å². The molecule has 0 N–H and O–H groups in total. The normalized spacial score (nSPS) is 10.2. The average Bonchev–Trinajstić information content (AvgIpc) is 2.89. The van der Waals surface area contributed by atoms with Crippen molar-refractivity contribution in [1.82, 2.24) is 9.97 Å². The van der Waals surface area contributed by atoms with Gasteiger partial charge in [0.25, 0.3) is 0 Å². The molecule has 0 spiro atoms. The molecule has 2 heterocycles. The van der Waals surface area contributed by atoms with E-state index in [0.29, 0.717) is 0 Å². The van der Waals surface area contributed by atoms with Gasteiger partial charge >= 0.3 is 0 Å². The molecule has 1 radical (unpaired) electrons. The van der Waals surface area contributed by atoms with Crippen LogP contribution in [-0.4, -0.2) is 9.97 Å². The number of rotatable bonds is 2. The van der Waals surface area contributed by atoms with Gasteiger partial charge in [-0.1, -0.05) is 109 Å². The zero-order valence-corrected chi connectivity index (χ0v) is 20.3. The summed E-state index contributed by atoms with van der Waals surface area (Å²) in [6.45, 7) is 0. The first kappa shape index (κ1) is 22.5. The van der Waals surface area contributed by atoms with Crippen molar-refractivity contribution in [2.45, 2.75) is 0 Å². The Morgan fingerprint density at radius 1 is 0.364 bits per heavy atom. The van der Waals surface area contributed by atoms with E-state index < -0.39 is 0 Å². The quantitative estimate of drug-likeness (QED) is 0.202. The Morgan fingerprint density at radius 3 is 1.15 bits per heavy atom. The molecule has 0 aliphatic carbocycles. The molecule has 0 aliphatic heterocycles. The van der Waals surface area contributed by atoms with E-state index in [1.807, 2.05) is 60.9 Å². The molecule has 3 heteroatoms. The van der Waals surface area contributed by atoms with Gasteiger partial charge in [-0.2, -0.15) is 0 Å². The number of benzene rings is 4. The summed E-state index contributed by atoms with van der Waals surface area (Å²) in [5.74, 6) is 0. The first-order valence-corrected chi connectivity index (χ1v) is 10.7. The van der Waals surface area contributed by atoms with Crippen molar-refractivity contribution in [3.63, 3.8) is 0 Å². The first-order valence-electron chi connectivity index (χ1n) is 10.7. The summed E-state index contributed by atoms with van der Waals surface area (Å²) in [6, 6.07) is 41.3. The molecule has 0 bridgehead atoms. The van der Waals surface area contributed by atoms with Gasteiger partial charge in [-0.25, -0.2) is 0 Å². The number of hydrogen-bond acceptors (Lipinski definition) is 2. The number of nitrogens with zero attached hydrogens (tertiary/aromatic N) is 2. The molecule has 0 saturated heterocycles. The number of hydrogen-bond donors (Lipinski definition) is 0. The van der Waals surface area contributed by atoms with E-state index in [2.05, 4.69) is 82.8 Å². The van der Waals surface area contributed by atoms with Crippen molar-refractivity contribution in [3.05, 3.63) is 134 Å². The van der Waals surface area contributed by atoms with Crippen LogP contribution in [0.5, 0.6) is 0 Å². The summed E-state index contributed by atoms with van der Waals surface area (Å²) in [5, 5.41) is 4.88. The van der Waals surface area contributed by atoms with Gasteiger partial charge < -0.3 is 0 Å². The third-order valence-corrected chi connectivity index (χ3v) is 5.44. The molecular weight excluding hydrogens is 581 g/mol. The Bertz CT molecular complexity index is 1340. The second kappa shape index (κ2) is 10.8. The third kappa shape index (κ3) is 5.06. The van der Waals surface area contributed by atoms with Crippen molar-refractivity contribution in [2.75, 3.05) is 0 Å². The zero-order valence-electron chi connectivity index (χ0n) is 17.9. The maximum absolute atomic E-state index is 4.48. The third-order valence-electron chi connectivity index (χ3n) is 5.44. The summed E-state index contributed by atoms with van der Waals surface area (Å²) in [7, 11) is 0. The van der Waals surface area contributed by atoms with Crippen LogP contribution < -0.4 is 0 Å². The van der Waals surface area contributed by atoms with Gasteiger partial charge in [0.1, 0.15) is 0 Å². The molecule has 6 rings (SSSR count). The van der Waals surface area contributed by atoms with Crippen molar-refractivity contribution in [1.29, 1.82) is 0 Å². The summed E-state index contributed by atoms with van der Waals surface area (Å²) in [4.78, 5) is 8.95. The predicted molar refractivity (Wildman–Crippen MR) is 134 cm³/mol. The van der Waals surface area contributed by atoms with E-state index >= 15 is 0 Å². The maximum Gasteiger partial charge on any atom is 0.0780 e. The molecule has 0 amide bonds. The van der Waals surface area contributed by atoms with Gasteiger partial charge in [-0.15, -0.1) is 0 Å². The summed E-state index contributed by atoms with van der Waals surface area (Å²) >= 11 is 0. The maximum atomic E-state index is 4.48. The van der Waals surface area contributed by atoms with Crippen molar-refractivity contribution in [3.8, 4) is 22.5 Å². The van der Waals surface area contributed by atoms with E-state index in [0.717, 1.165) is 11.4 Å². The monoisotopic (exact) mass is 603 g/mol. The topological polar surface area (TPSA) is 25.8 Å². The SMILES string of the molecule is [Ir].c1ccc(-c2nccc3ccccc23)cc1.c1ccc(-c2nccc3ccccc23)cc1. The van der Waals surface area contributed by atoms with Crippen molar-refractivity contribution < 1.29 is 20.1 Å². The molecule has 2 aromatic heterocycles. The summed E-state index contributed by atoms with van der Waals surface area (Å²) in [5.41, 5.74) is 4.44. The standard InChI is InChI=1S/2C15H11N.Ir/c2*1-2-7-13(8-3-1)15-14-9-5-4-6-12(14)10-11-16-15;/h2*1-11H;. The zero-order chi connectivity index (χ0) is 21.6. The molecule has 0 saturated carbocycles. The van der Waals surface area contributed by atoms with Crippen LogP contribution in [0, 0.1) is 0 Å². The van der Waals surface area contributed by atoms with Crippen molar-refractivity contribution in [2.24, 2.45) is 0 Å². The summed E-state index contributed by atoms with van der Waals surface area (Å²) in [6.07, 6.45) is 3.73. The molecule has 2 nitrogen and oxygen atoms in total. The van der Waals surface area contributed by atoms with Crippen LogP contribution in [0.3, 0.4) is 0 Å². The van der Waals surface area contributed by atoms with Crippen molar-refractivity contribution >= 4 is 21.5 Å². The molecule has 0 unspecified atom stereocenters. The fourth-order valence-corrected chi connectivity index (χ4v) is 3.89. The minimum absolute atomic E-state index is 0. The van der Waals surface area contributed by atoms with E-state index in [9.17, 15) is 0 Å². The van der Waals surface area contributed by atoms with E-state index in [1.54, 1.807) is 0 Å². The van der Waals surface area contributed by atoms with E-state index in [1.165, 1.54) is 32.7 Å². The Morgan fingerprint density at radius 2 is 0.727 bits per heavy atom. The molecular formula is C30H22IrN2. The second-order valence-corrected chi connectivity index (χ2v) is 7.49. The predicted octanol–water partition coefficient (Wildman–Crippen LogP) is 7.80. The first-order chi connectivity index (χ1) is 15.9. The average molecular weight is 603 g/mol. The van der Waals surface area contributed by atoms with E-state index in [4.69, 9.17) is 0 Å². The number of fused-ring (bicyclic) bond motifs is 2. The van der Waals surface area contributed by atoms with Crippen LogP contribution in [-0.2, 0) is 20.1 Å². The fraction of sp³-hybridized carbons (Fsp3) is 0. The smallest absolute Gasteiger partial charge is 0.0780 e. The van der Waals surface area contributed by atoms with Crippen LogP contribution in [0.4, 0.5) is 0 Å². The van der Waals surface area contributed by atoms with Gasteiger partial charge in [0.2, 0.25) is 0 Å². The van der Waals surface area contributed by atoms with Crippen LogP contribution >= 0.6 is 0 Å². The van der Waals surface area contributed by atoms with Gasteiger partial charge in [-0.3, -0.25) is 9.97 Å².